The van der Waals surface area contributed by atoms with E-state index < -0.39 is 17.1 Å². The van der Waals surface area contributed by atoms with Crippen LogP contribution in [0.25, 0.3) is 5.69 Å². The first-order valence-electron chi connectivity index (χ1n) is 6.90. The molecule has 1 aromatic heterocycles. The number of hydrogen-bond acceptors (Lipinski definition) is 3. The average Bonchev–Trinajstić information content (AvgIpc) is 2.47. The first kappa shape index (κ1) is 15.0. The second kappa shape index (κ2) is 5.91. The molecule has 0 unspecified atom stereocenters. The van der Waals surface area contributed by atoms with Gasteiger partial charge in [-0.15, -0.1) is 0 Å². The van der Waals surface area contributed by atoms with Crippen molar-refractivity contribution in [2.75, 3.05) is 0 Å². The molecule has 110 valence electrons. The van der Waals surface area contributed by atoms with Gasteiger partial charge in [0, 0.05) is 11.8 Å². The van der Waals surface area contributed by atoms with E-state index in [2.05, 4.69) is 18.9 Å². The van der Waals surface area contributed by atoms with E-state index in [0.717, 1.165) is 5.69 Å². The van der Waals surface area contributed by atoms with Gasteiger partial charge in [0.15, 0.2) is 0 Å². The van der Waals surface area contributed by atoms with E-state index in [0.29, 0.717) is 17.9 Å². The Morgan fingerprint density at radius 3 is 2.38 bits per heavy atom. The molecule has 0 amide bonds. The largest absolute Gasteiger partial charge is 0.476 e. The van der Waals surface area contributed by atoms with Crippen molar-refractivity contribution in [1.82, 2.24) is 9.78 Å². The highest BCUT2D eigenvalue weighted by molar-refractivity contribution is 5.85. The minimum Gasteiger partial charge on any atom is -0.476 e. The molecule has 1 aromatic carbocycles. The monoisotopic (exact) mass is 286 g/mol. The molecule has 0 atom stereocenters. The van der Waals surface area contributed by atoms with Crippen LogP contribution in [0.5, 0.6) is 0 Å². The summed E-state index contributed by atoms with van der Waals surface area (Å²) in [5.74, 6) is -0.885. The van der Waals surface area contributed by atoms with Crippen LogP contribution in [0, 0.1) is 0 Å². The van der Waals surface area contributed by atoms with Crippen molar-refractivity contribution < 1.29 is 9.90 Å². The molecule has 0 saturated heterocycles. The van der Waals surface area contributed by atoms with Gasteiger partial charge in [0.05, 0.1) is 5.69 Å². The van der Waals surface area contributed by atoms with E-state index in [1.165, 1.54) is 10.2 Å². The zero-order valence-corrected chi connectivity index (χ0v) is 12.3. The van der Waals surface area contributed by atoms with Gasteiger partial charge in [-0.2, -0.15) is 5.10 Å². The van der Waals surface area contributed by atoms with E-state index in [1.807, 2.05) is 31.2 Å². The van der Waals surface area contributed by atoms with Gasteiger partial charge in [-0.05, 0) is 30.0 Å². The fraction of sp³-hybridized carbons (Fsp3) is 0.312. The molecule has 0 fully saturated rings. The number of aromatic carboxylic acids is 1. The summed E-state index contributed by atoms with van der Waals surface area (Å²) in [5, 5.41) is 13.0. The fourth-order valence-electron chi connectivity index (χ4n) is 2.08. The molecule has 1 N–H and O–H groups in total. The maximum atomic E-state index is 11.9. The summed E-state index contributed by atoms with van der Waals surface area (Å²) in [6.45, 7) is 6.02. The van der Waals surface area contributed by atoms with Gasteiger partial charge in [0.2, 0.25) is 11.1 Å². The number of aromatic nitrogens is 2. The average molecular weight is 286 g/mol. The van der Waals surface area contributed by atoms with Crippen LogP contribution in [-0.2, 0) is 6.42 Å². The van der Waals surface area contributed by atoms with Crippen LogP contribution in [0.3, 0.4) is 0 Å². The molecule has 0 aliphatic carbocycles. The number of carbonyl (C=O) groups is 1. The zero-order chi connectivity index (χ0) is 15.6. The Balaban J connectivity index is 2.55. The first-order chi connectivity index (χ1) is 9.93. The fourth-order valence-corrected chi connectivity index (χ4v) is 2.08. The summed E-state index contributed by atoms with van der Waals surface area (Å²) in [6, 6.07) is 7.70. The van der Waals surface area contributed by atoms with Crippen molar-refractivity contribution in [2.24, 2.45) is 0 Å². The number of rotatable bonds is 4. The number of carboxylic acids is 1. The van der Waals surface area contributed by atoms with Gasteiger partial charge in [-0.25, -0.2) is 9.48 Å². The van der Waals surface area contributed by atoms with E-state index in [1.54, 1.807) is 6.20 Å². The molecule has 5 nitrogen and oxygen atoms in total. The van der Waals surface area contributed by atoms with Crippen molar-refractivity contribution in [3.05, 3.63) is 57.5 Å². The summed E-state index contributed by atoms with van der Waals surface area (Å²) >= 11 is 0. The molecule has 0 spiro atoms. The lowest BCUT2D eigenvalue weighted by Crippen LogP contribution is -2.24. The second-order valence-corrected chi connectivity index (χ2v) is 5.18. The first-order valence-corrected chi connectivity index (χ1v) is 6.90. The van der Waals surface area contributed by atoms with Gasteiger partial charge < -0.3 is 5.11 Å². The van der Waals surface area contributed by atoms with Crippen molar-refractivity contribution in [1.29, 1.82) is 0 Å². The van der Waals surface area contributed by atoms with Crippen molar-refractivity contribution in [3.63, 3.8) is 0 Å². The maximum Gasteiger partial charge on any atom is 0.360 e. The van der Waals surface area contributed by atoms with E-state index >= 15 is 0 Å². The molecule has 2 rings (SSSR count). The molecule has 5 heteroatoms. The Morgan fingerprint density at radius 1 is 1.29 bits per heavy atom. The normalized spacial score (nSPS) is 10.9. The third kappa shape index (κ3) is 3.02. The van der Waals surface area contributed by atoms with E-state index in [-0.39, 0.29) is 0 Å². The van der Waals surface area contributed by atoms with Crippen molar-refractivity contribution in [2.45, 2.75) is 33.1 Å². The molecule has 0 bridgehead atoms. The Hall–Kier alpha value is -2.43. The van der Waals surface area contributed by atoms with Crippen LogP contribution in [0.15, 0.2) is 35.3 Å². The predicted molar refractivity (Wildman–Crippen MR) is 80.3 cm³/mol. The quantitative estimate of drug-likeness (QED) is 0.937. The number of carboxylic acid groups (broad SMARTS) is 1. The molecule has 0 aliphatic heterocycles. The minimum atomic E-state index is -1.30. The minimum absolute atomic E-state index is 0.418. The SMILES string of the molecule is CCc1cn(-c2ccc(C(C)C)cc2)nc(C(=O)O)c1=O. The van der Waals surface area contributed by atoms with Crippen molar-refractivity contribution in [3.8, 4) is 5.69 Å². The standard InChI is InChI=1S/C16H18N2O3/c1-4-11-9-18(17-14(15(11)19)16(20)21)13-7-5-12(6-8-13)10(2)3/h5-10H,4H2,1-3H3,(H,20,21). The number of aryl methyl sites for hydroxylation is 1. The summed E-state index contributed by atoms with van der Waals surface area (Å²) in [6.07, 6.45) is 2.06. The summed E-state index contributed by atoms with van der Waals surface area (Å²) in [5.41, 5.74) is 1.41. The topological polar surface area (TPSA) is 72.2 Å². The Bertz CT molecular complexity index is 715. The molecule has 0 radical (unpaired) electrons. The molecule has 2 aromatic rings. The van der Waals surface area contributed by atoms with Crippen LogP contribution >= 0.6 is 0 Å². The van der Waals surface area contributed by atoms with Gasteiger partial charge in [-0.1, -0.05) is 32.9 Å². The molecule has 0 aliphatic rings. The van der Waals surface area contributed by atoms with E-state index in [9.17, 15) is 9.59 Å². The van der Waals surface area contributed by atoms with Crippen LogP contribution in [0.2, 0.25) is 0 Å². The predicted octanol–water partition coefficient (Wildman–Crippen LogP) is 2.62. The van der Waals surface area contributed by atoms with Crippen LogP contribution in [0.1, 0.15) is 48.3 Å². The Kier molecular flexibility index (Phi) is 4.21. The lowest BCUT2D eigenvalue weighted by Gasteiger charge is -2.10. The highest BCUT2D eigenvalue weighted by Crippen LogP contribution is 2.16. The van der Waals surface area contributed by atoms with Gasteiger partial charge in [-0.3, -0.25) is 4.79 Å². The molecule has 21 heavy (non-hydrogen) atoms. The van der Waals surface area contributed by atoms with Crippen molar-refractivity contribution >= 4 is 5.97 Å². The summed E-state index contributed by atoms with van der Waals surface area (Å²) < 4.78 is 1.45. The molecule has 1 heterocycles. The number of hydrogen-bond donors (Lipinski definition) is 1. The molecule has 0 saturated carbocycles. The van der Waals surface area contributed by atoms with Crippen LogP contribution in [-0.4, -0.2) is 20.9 Å². The lowest BCUT2D eigenvalue weighted by atomic mass is 10.0. The third-order valence-electron chi connectivity index (χ3n) is 3.40. The summed E-state index contributed by atoms with van der Waals surface area (Å²) in [4.78, 5) is 23.1. The third-order valence-corrected chi connectivity index (χ3v) is 3.40. The lowest BCUT2D eigenvalue weighted by molar-refractivity contribution is 0.0686. The zero-order valence-electron chi connectivity index (χ0n) is 12.3. The van der Waals surface area contributed by atoms with Gasteiger partial charge in [0.1, 0.15) is 0 Å². The maximum absolute atomic E-state index is 11.9. The summed E-state index contributed by atoms with van der Waals surface area (Å²) in [7, 11) is 0. The van der Waals surface area contributed by atoms with Gasteiger partial charge in [0.25, 0.3) is 0 Å². The highest BCUT2D eigenvalue weighted by Gasteiger charge is 2.15. The Morgan fingerprint density at radius 2 is 1.90 bits per heavy atom. The smallest absolute Gasteiger partial charge is 0.360 e. The Labute approximate surface area is 122 Å². The van der Waals surface area contributed by atoms with Crippen LogP contribution in [0.4, 0.5) is 0 Å². The second-order valence-electron chi connectivity index (χ2n) is 5.18. The van der Waals surface area contributed by atoms with Crippen LogP contribution < -0.4 is 5.43 Å². The van der Waals surface area contributed by atoms with E-state index in [4.69, 9.17) is 5.11 Å². The number of benzene rings is 1. The molecular formula is C16H18N2O3. The number of nitrogens with zero attached hydrogens (tertiary/aromatic N) is 2. The molecular weight excluding hydrogens is 268 g/mol. The highest BCUT2D eigenvalue weighted by atomic mass is 16.4. The van der Waals surface area contributed by atoms with Gasteiger partial charge >= 0.3 is 5.97 Å².